The third-order valence-corrected chi connectivity index (χ3v) is 4.51. The number of carbonyl (C=O) groups excluding carboxylic acids is 2. The molecule has 1 saturated heterocycles. The van der Waals surface area contributed by atoms with Crippen LogP contribution in [0.25, 0.3) is 0 Å². The van der Waals surface area contributed by atoms with Crippen molar-refractivity contribution in [1.82, 2.24) is 10.2 Å². The Bertz CT molecular complexity index is 663. The zero-order chi connectivity index (χ0) is 17.9. The van der Waals surface area contributed by atoms with Gasteiger partial charge in [0.1, 0.15) is 0 Å². The number of carboxylic acid groups (broad SMARTS) is 1. The second-order valence-corrected chi connectivity index (χ2v) is 6.20. The van der Waals surface area contributed by atoms with E-state index in [2.05, 4.69) is 5.32 Å². The van der Waals surface area contributed by atoms with Crippen LogP contribution in [-0.2, 0) is 9.59 Å². The highest BCUT2D eigenvalue weighted by Gasteiger charge is 2.40. The number of nitrogens with one attached hydrogen (secondary N) is 1. The third kappa shape index (κ3) is 3.91. The minimum atomic E-state index is -1.76. The van der Waals surface area contributed by atoms with E-state index < -0.39 is 11.6 Å². The van der Waals surface area contributed by atoms with E-state index in [9.17, 15) is 19.5 Å². The molecule has 1 aliphatic rings. The zero-order valence-corrected chi connectivity index (χ0v) is 13.8. The van der Waals surface area contributed by atoms with Crippen molar-refractivity contribution < 1.29 is 24.6 Å². The number of rotatable bonds is 4. The molecule has 0 spiro atoms. The second-order valence-electron chi connectivity index (χ2n) is 6.20. The van der Waals surface area contributed by atoms with Crippen LogP contribution in [0.2, 0.25) is 0 Å². The number of aliphatic carboxylic acids is 1. The van der Waals surface area contributed by atoms with Crippen LogP contribution in [0, 0.1) is 13.8 Å². The first-order valence-electron chi connectivity index (χ1n) is 7.82. The summed E-state index contributed by atoms with van der Waals surface area (Å²) in [5.74, 6) is -1.89. The number of carbonyl (C=O) groups is 3. The number of carboxylic acids is 1. The number of nitrogens with zero attached hydrogens (tertiary/aromatic N) is 1. The lowest BCUT2D eigenvalue weighted by atomic mass is 9.91. The maximum absolute atomic E-state index is 12.1. The normalized spacial score (nSPS) is 16.5. The smallest absolute Gasteiger partial charge is 0.335 e. The number of piperidine rings is 1. The van der Waals surface area contributed by atoms with Gasteiger partial charge in [0, 0.05) is 31.5 Å². The number of hydrogen-bond donors (Lipinski definition) is 3. The Morgan fingerprint density at radius 3 is 2.33 bits per heavy atom. The fraction of sp³-hybridized carbons (Fsp3) is 0.471. The van der Waals surface area contributed by atoms with E-state index in [1.54, 1.807) is 12.1 Å². The summed E-state index contributed by atoms with van der Waals surface area (Å²) < 4.78 is 0. The van der Waals surface area contributed by atoms with Gasteiger partial charge in [-0.3, -0.25) is 9.59 Å². The van der Waals surface area contributed by atoms with Gasteiger partial charge in [0.2, 0.25) is 5.91 Å². The zero-order valence-electron chi connectivity index (χ0n) is 13.8. The first-order valence-corrected chi connectivity index (χ1v) is 7.82. The van der Waals surface area contributed by atoms with E-state index in [0.717, 1.165) is 11.1 Å². The van der Waals surface area contributed by atoms with Crippen molar-refractivity contribution in [3.63, 3.8) is 0 Å². The predicted octanol–water partition coefficient (Wildman–Crippen LogP) is 0.471. The van der Waals surface area contributed by atoms with Crippen LogP contribution in [0.3, 0.4) is 0 Å². The fourth-order valence-corrected chi connectivity index (χ4v) is 2.59. The Morgan fingerprint density at radius 2 is 1.79 bits per heavy atom. The molecule has 2 rings (SSSR count). The number of aryl methyl sites for hydroxylation is 2. The maximum Gasteiger partial charge on any atom is 0.335 e. The van der Waals surface area contributed by atoms with Crippen LogP contribution in [0.15, 0.2) is 18.2 Å². The summed E-state index contributed by atoms with van der Waals surface area (Å²) in [6.07, 6.45) is -0.0294. The summed E-state index contributed by atoms with van der Waals surface area (Å²) in [5, 5.41) is 21.4. The fourth-order valence-electron chi connectivity index (χ4n) is 2.59. The molecule has 1 aliphatic heterocycles. The lowest BCUT2D eigenvalue weighted by Gasteiger charge is -2.35. The molecule has 0 atom stereocenters. The van der Waals surface area contributed by atoms with Gasteiger partial charge in [-0.25, -0.2) is 4.79 Å². The molecule has 1 fully saturated rings. The lowest BCUT2D eigenvalue weighted by molar-refractivity contribution is -0.165. The summed E-state index contributed by atoms with van der Waals surface area (Å²) >= 11 is 0. The van der Waals surface area contributed by atoms with Gasteiger partial charge in [-0.2, -0.15) is 0 Å². The van der Waals surface area contributed by atoms with Gasteiger partial charge in [-0.1, -0.05) is 6.07 Å². The summed E-state index contributed by atoms with van der Waals surface area (Å²) in [7, 11) is 0. The first-order chi connectivity index (χ1) is 11.2. The van der Waals surface area contributed by atoms with Crippen LogP contribution in [-0.4, -0.2) is 58.1 Å². The van der Waals surface area contributed by atoms with Gasteiger partial charge >= 0.3 is 5.97 Å². The van der Waals surface area contributed by atoms with Crippen molar-refractivity contribution in [2.24, 2.45) is 0 Å². The molecule has 1 aromatic rings. The Balaban J connectivity index is 1.86. The summed E-state index contributed by atoms with van der Waals surface area (Å²) in [4.78, 5) is 36.6. The first kappa shape index (κ1) is 17.9. The quantitative estimate of drug-likeness (QED) is 0.742. The molecule has 0 radical (unpaired) electrons. The molecule has 130 valence electrons. The van der Waals surface area contributed by atoms with Crippen molar-refractivity contribution in [2.75, 3.05) is 19.6 Å². The number of benzene rings is 1. The SMILES string of the molecule is Cc1ccc(C(=O)NCC(=O)N2CCC(O)(C(=O)O)CC2)cc1C. The summed E-state index contributed by atoms with van der Waals surface area (Å²) in [6.45, 7) is 4.02. The molecule has 0 bridgehead atoms. The highest BCUT2D eigenvalue weighted by Crippen LogP contribution is 2.22. The number of aliphatic hydroxyl groups is 1. The molecule has 7 heteroatoms. The van der Waals surface area contributed by atoms with Gasteiger partial charge in [0.15, 0.2) is 5.60 Å². The third-order valence-electron chi connectivity index (χ3n) is 4.51. The maximum atomic E-state index is 12.1. The van der Waals surface area contributed by atoms with Gasteiger partial charge < -0.3 is 20.4 Å². The minimum absolute atomic E-state index is 0.0147. The lowest BCUT2D eigenvalue weighted by Crippen LogP contribution is -2.52. The Hall–Kier alpha value is -2.41. The highest BCUT2D eigenvalue weighted by atomic mass is 16.4. The van der Waals surface area contributed by atoms with Crippen LogP contribution >= 0.6 is 0 Å². The minimum Gasteiger partial charge on any atom is -0.479 e. The van der Waals surface area contributed by atoms with Gasteiger partial charge in [-0.15, -0.1) is 0 Å². The van der Waals surface area contributed by atoms with Crippen molar-refractivity contribution in [1.29, 1.82) is 0 Å². The van der Waals surface area contributed by atoms with E-state index in [4.69, 9.17) is 5.11 Å². The van der Waals surface area contributed by atoms with Crippen molar-refractivity contribution in [2.45, 2.75) is 32.3 Å². The predicted molar refractivity (Wildman–Crippen MR) is 86.6 cm³/mol. The standard InChI is InChI=1S/C17H22N2O5/c1-11-3-4-13(9-12(11)2)15(21)18-10-14(20)19-7-5-17(24,6-8-19)16(22)23/h3-4,9,24H,5-8,10H2,1-2H3,(H,18,21)(H,22,23). The van der Waals surface area contributed by atoms with E-state index in [0.29, 0.717) is 5.56 Å². The van der Waals surface area contributed by atoms with Crippen molar-refractivity contribution in [3.05, 3.63) is 34.9 Å². The highest BCUT2D eigenvalue weighted by molar-refractivity contribution is 5.96. The van der Waals surface area contributed by atoms with Gasteiger partial charge in [0.05, 0.1) is 6.54 Å². The molecule has 3 N–H and O–H groups in total. The monoisotopic (exact) mass is 334 g/mol. The molecule has 1 aromatic carbocycles. The molecule has 24 heavy (non-hydrogen) atoms. The number of amides is 2. The summed E-state index contributed by atoms with van der Waals surface area (Å²) in [5.41, 5.74) is 0.809. The molecule has 0 aromatic heterocycles. The van der Waals surface area contributed by atoms with Gasteiger partial charge in [0.25, 0.3) is 5.91 Å². The Labute approximate surface area is 140 Å². The number of likely N-dealkylation sites (tertiary alicyclic amines) is 1. The van der Waals surface area contributed by atoms with Crippen molar-refractivity contribution >= 4 is 17.8 Å². The van der Waals surface area contributed by atoms with Crippen LogP contribution < -0.4 is 5.32 Å². The molecule has 0 saturated carbocycles. The largest absolute Gasteiger partial charge is 0.479 e. The van der Waals surface area contributed by atoms with E-state index in [-0.39, 0.29) is 44.3 Å². The molecule has 1 heterocycles. The second kappa shape index (κ2) is 7.00. The molecular formula is C17H22N2O5. The van der Waals surface area contributed by atoms with Crippen LogP contribution in [0.1, 0.15) is 34.3 Å². The number of hydrogen-bond acceptors (Lipinski definition) is 4. The average molecular weight is 334 g/mol. The molecule has 0 unspecified atom stereocenters. The molecule has 0 aliphatic carbocycles. The topological polar surface area (TPSA) is 107 Å². The van der Waals surface area contributed by atoms with Crippen LogP contribution in [0.4, 0.5) is 0 Å². The Kier molecular flexibility index (Phi) is 5.23. The van der Waals surface area contributed by atoms with Crippen molar-refractivity contribution in [3.8, 4) is 0 Å². The molecule has 2 amide bonds. The van der Waals surface area contributed by atoms with E-state index >= 15 is 0 Å². The van der Waals surface area contributed by atoms with E-state index in [1.807, 2.05) is 19.9 Å². The summed E-state index contributed by atoms with van der Waals surface area (Å²) in [6, 6.07) is 5.32. The van der Waals surface area contributed by atoms with E-state index in [1.165, 1.54) is 4.90 Å². The molecule has 7 nitrogen and oxygen atoms in total. The van der Waals surface area contributed by atoms with Gasteiger partial charge in [-0.05, 0) is 37.1 Å². The molecular weight excluding hydrogens is 312 g/mol. The van der Waals surface area contributed by atoms with Crippen LogP contribution in [0.5, 0.6) is 0 Å². The average Bonchev–Trinajstić information content (AvgIpc) is 2.55. The Morgan fingerprint density at radius 1 is 1.17 bits per heavy atom.